The summed E-state index contributed by atoms with van der Waals surface area (Å²) in [5.41, 5.74) is 6.48. The predicted molar refractivity (Wildman–Crippen MR) is 79.2 cm³/mol. The van der Waals surface area contributed by atoms with Gasteiger partial charge in [0.1, 0.15) is 6.72 Å². The lowest BCUT2D eigenvalue weighted by Crippen LogP contribution is -2.26. The molecule has 0 saturated heterocycles. The monoisotopic (exact) mass is 248 g/mol. The first-order valence-electron chi connectivity index (χ1n) is 6.63. The largest absolute Gasteiger partial charge is 0.221 e. The van der Waals surface area contributed by atoms with Gasteiger partial charge in [-0.1, -0.05) is 35.9 Å². The van der Waals surface area contributed by atoms with Crippen molar-refractivity contribution in [1.29, 1.82) is 0 Å². The second-order valence-electron chi connectivity index (χ2n) is 5.19. The molecule has 19 heavy (non-hydrogen) atoms. The molecule has 0 amide bonds. The first kappa shape index (κ1) is 11.9. The molecule has 1 aliphatic carbocycles. The summed E-state index contributed by atoms with van der Waals surface area (Å²) in [7, 11) is 0. The van der Waals surface area contributed by atoms with Crippen molar-refractivity contribution in [2.75, 3.05) is 0 Å². The Hall–Kier alpha value is -2.15. The molecule has 1 nitrogen and oxygen atoms in total. The van der Waals surface area contributed by atoms with Crippen LogP contribution in [0.25, 0.3) is 17.3 Å². The number of hydrogen-bond donors (Lipinski definition) is 0. The second kappa shape index (κ2) is 4.51. The van der Waals surface area contributed by atoms with Gasteiger partial charge >= 0.3 is 0 Å². The van der Waals surface area contributed by atoms with Crippen LogP contribution in [0.15, 0.2) is 42.6 Å². The van der Waals surface area contributed by atoms with E-state index in [1.54, 1.807) is 0 Å². The summed E-state index contributed by atoms with van der Waals surface area (Å²) in [6.45, 7) is 8.45. The van der Waals surface area contributed by atoms with Crippen molar-refractivity contribution in [1.82, 2.24) is 0 Å². The molecule has 94 valence electrons. The maximum Gasteiger partial charge on any atom is 0.221 e. The maximum absolute atomic E-state index is 4.15. The van der Waals surface area contributed by atoms with Crippen LogP contribution in [0.5, 0.6) is 0 Å². The first-order valence-corrected chi connectivity index (χ1v) is 6.63. The van der Waals surface area contributed by atoms with Gasteiger partial charge in [-0.25, -0.2) is 0 Å². The Labute approximate surface area is 113 Å². The molecular weight excluding hydrogens is 230 g/mol. The van der Waals surface area contributed by atoms with E-state index < -0.39 is 0 Å². The molecule has 3 rings (SSSR count). The minimum absolute atomic E-state index is 0.977. The molecule has 1 aromatic heterocycles. The zero-order valence-electron chi connectivity index (χ0n) is 11.5. The van der Waals surface area contributed by atoms with E-state index in [0.29, 0.717) is 0 Å². The summed E-state index contributed by atoms with van der Waals surface area (Å²) in [6, 6.07) is 8.75. The zero-order chi connectivity index (χ0) is 13.4. The van der Waals surface area contributed by atoms with Crippen molar-refractivity contribution in [2.24, 2.45) is 0 Å². The van der Waals surface area contributed by atoms with Crippen LogP contribution >= 0.6 is 0 Å². The number of allylic oxidation sites excluding steroid dienone is 2. The molecule has 1 heterocycles. The van der Waals surface area contributed by atoms with Crippen molar-refractivity contribution in [3.8, 4) is 11.3 Å². The van der Waals surface area contributed by atoms with Crippen LogP contribution in [0.3, 0.4) is 0 Å². The quantitative estimate of drug-likeness (QED) is 0.685. The number of fused-ring (bicyclic) bond motifs is 1. The molecule has 1 aliphatic rings. The topological polar surface area (TPSA) is 5.90 Å². The van der Waals surface area contributed by atoms with Gasteiger partial charge in [0.2, 0.25) is 5.69 Å². The summed E-state index contributed by atoms with van der Waals surface area (Å²) in [5.74, 6) is 0. The Morgan fingerprint density at radius 2 is 2.00 bits per heavy atom. The van der Waals surface area contributed by atoms with Crippen LogP contribution < -0.4 is 9.46 Å². The van der Waals surface area contributed by atoms with Crippen molar-refractivity contribution in [3.63, 3.8) is 0 Å². The highest BCUT2D eigenvalue weighted by Crippen LogP contribution is 2.23. The highest BCUT2D eigenvalue weighted by molar-refractivity contribution is 5.66. The van der Waals surface area contributed by atoms with Crippen LogP contribution in [0.2, 0.25) is 0 Å². The molecule has 1 heteroatoms. The summed E-state index contributed by atoms with van der Waals surface area (Å²) in [4.78, 5) is 0. The highest BCUT2D eigenvalue weighted by Gasteiger charge is 2.17. The van der Waals surface area contributed by atoms with Crippen LogP contribution in [-0.2, 0) is 6.42 Å². The van der Waals surface area contributed by atoms with E-state index in [1.165, 1.54) is 33.2 Å². The van der Waals surface area contributed by atoms with Gasteiger partial charge in [-0.05, 0) is 37.1 Å². The third-order valence-corrected chi connectivity index (χ3v) is 3.73. The van der Waals surface area contributed by atoms with Gasteiger partial charge in [0.25, 0.3) is 0 Å². The molecule has 1 aromatic carbocycles. The van der Waals surface area contributed by atoms with Gasteiger partial charge in [0, 0.05) is 17.2 Å². The van der Waals surface area contributed by atoms with Gasteiger partial charge in [0.15, 0.2) is 6.20 Å². The Kier molecular flexibility index (Phi) is 2.83. The normalized spacial score (nSPS) is 12.9. The van der Waals surface area contributed by atoms with Crippen molar-refractivity contribution < 1.29 is 4.24 Å². The lowest BCUT2D eigenvalue weighted by atomic mass is 9.95. The van der Waals surface area contributed by atoms with Crippen LogP contribution in [0.1, 0.15) is 16.7 Å². The van der Waals surface area contributed by atoms with Gasteiger partial charge < -0.3 is 0 Å². The second-order valence-corrected chi connectivity index (χ2v) is 5.19. The Bertz CT molecular complexity index is 782. The molecule has 0 saturated carbocycles. The maximum atomic E-state index is 4.15. The van der Waals surface area contributed by atoms with Gasteiger partial charge in [-0.3, -0.25) is 0 Å². The predicted octanol–water partition coefficient (Wildman–Crippen LogP) is 2.79. The van der Waals surface area contributed by atoms with E-state index in [-0.39, 0.29) is 0 Å². The van der Waals surface area contributed by atoms with E-state index in [4.69, 9.17) is 0 Å². The van der Waals surface area contributed by atoms with Crippen molar-refractivity contribution >= 4 is 6.08 Å². The van der Waals surface area contributed by atoms with E-state index >= 15 is 0 Å². The third-order valence-electron chi connectivity index (χ3n) is 3.73. The van der Waals surface area contributed by atoms with E-state index in [1.807, 2.05) is 10.4 Å². The first-order chi connectivity index (χ1) is 9.16. The standard InChI is InChI=1S/C18H18N/c1-13-8-9-16(14(2)12-13)18-17-7-5-4-6-15(17)10-11-19(18)3/h4-6,8-12H,3,7H2,1-2H3/q+1. The van der Waals surface area contributed by atoms with Crippen LogP contribution in [0.4, 0.5) is 0 Å². The number of aromatic nitrogens is 1. The average Bonchev–Trinajstić information content (AvgIpc) is 2.40. The smallest absolute Gasteiger partial charge is 0.173 e. The molecule has 0 fully saturated rings. The molecule has 0 atom stereocenters. The summed E-state index contributed by atoms with van der Waals surface area (Å²) < 4.78 is 1.99. The average molecular weight is 248 g/mol. The Balaban J connectivity index is 2.35. The Morgan fingerprint density at radius 1 is 1.16 bits per heavy atom. The summed E-state index contributed by atoms with van der Waals surface area (Å²) >= 11 is 0. The van der Waals surface area contributed by atoms with Gasteiger partial charge in [-0.2, -0.15) is 4.24 Å². The highest BCUT2D eigenvalue weighted by atomic mass is 14.8. The summed E-state index contributed by atoms with van der Waals surface area (Å²) in [6.07, 6.45) is 9.52. The molecule has 0 bridgehead atoms. The van der Waals surface area contributed by atoms with Crippen molar-refractivity contribution in [3.05, 3.63) is 71.2 Å². The van der Waals surface area contributed by atoms with E-state index in [2.05, 4.69) is 63.1 Å². The van der Waals surface area contributed by atoms with Gasteiger partial charge in [0.05, 0.1) is 0 Å². The molecular formula is C18H18N+. The van der Waals surface area contributed by atoms with Crippen molar-refractivity contribution in [2.45, 2.75) is 20.3 Å². The van der Waals surface area contributed by atoms with E-state index in [9.17, 15) is 0 Å². The lowest BCUT2D eigenvalue weighted by Gasteiger charge is -2.09. The molecule has 0 aliphatic heterocycles. The molecule has 0 radical (unpaired) electrons. The number of hydrogen-bond acceptors (Lipinski definition) is 0. The summed E-state index contributed by atoms with van der Waals surface area (Å²) in [5, 5.41) is 1.30. The fraction of sp³-hybridized carbons (Fsp3) is 0.167. The Morgan fingerprint density at radius 3 is 2.79 bits per heavy atom. The number of aryl methyl sites for hydroxylation is 2. The zero-order valence-corrected chi connectivity index (χ0v) is 11.5. The molecule has 0 unspecified atom stereocenters. The number of rotatable bonds is 1. The fourth-order valence-electron chi connectivity index (χ4n) is 2.78. The molecule has 2 aromatic rings. The molecule has 0 spiro atoms. The SMILES string of the molecule is C=[n+]1ccc2c(c1-c1ccc(C)cc1C)CC=CC=2. The van der Waals surface area contributed by atoms with E-state index in [0.717, 1.165) is 6.42 Å². The number of nitrogens with zero attached hydrogens (tertiary/aromatic N) is 1. The molecule has 0 N–H and O–H groups in total. The third kappa shape index (κ3) is 2.01. The minimum Gasteiger partial charge on any atom is -0.173 e. The van der Waals surface area contributed by atoms with Crippen LogP contribution in [0, 0.1) is 20.6 Å². The number of pyridine rings is 1. The fourth-order valence-corrected chi connectivity index (χ4v) is 2.78. The lowest BCUT2D eigenvalue weighted by molar-refractivity contribution is -0.486. The number of benzene rings is 1. The minimum atomic E-state index is 0.977. The van der Waals surface area contributed by atoms with Gasteiger partial charge in [-0.15, -0.1) is 0 Å². The van der Waals surface area contributed by atoms with Crippen LogP contribution in [-0.4, -0.2) is 0 Å².